The van der Waals surface area contributed by atoms with Crippen LogP contribution in [0.15, 0.2) is 47.1 Å². The van der Waals surface area contributed by atoms with Crippen LogP contribution in [0.2, 0.25) is 0 Å². The highest BCUT2D eigenvalue weighted by Crippen LogP contribution is 2.17. The molecule has 0 atom stereocenters. The van der Waals surface area contributed by atoms with Crippen molar-refractivity contribution in [1.29, 1.82) is 0 Å². The highest BCUT2D eigenvalue weighted by molar-refractivity contribution is 5.72. The molecular formula is C17H14FN3O3. The molecule has 0 aliphatic heterocycles. The number of pyridine rings is 1. The van der Waals surface area contributed by atoms with Crippen LogP contribution in [-0.4, -0.2) is 21.1 Å². The van der Waals surface area contributed by atoms with E-state index in [0.717, 1.165) is 11.3 Å². The molecule has 1 aromatic carbocycles. The zero-order chi connectivity index (χ0) is 16.9. The van der Waals surface area contributed by atoms with Crippen molar-refractivity contribution in [2.75, 3.05) is 0 Å². The van der Waals surface area contributed by atoms with Crippen LogP contribution in [0.3, 0.4) is 0 Å². The summed E-state index contributed by atoms with van der Waals surface area (Å²) in [6.45, 7) is 1.78. The smallest absolute Gasteiger partial charge is 0.310 e. The summed E-state index contributed by atoms with van der Waals surface area (Å²) >= 11 is 0. The van der Waals surface area contributed by atoms with Crippen LogP contribution in [0, 0.1) is 12.7 Å². The Balaban J connectivity index is 1.56. The second kappa shape index (κ2) is 6.99. The number of ether oxygens (including phenoxy) is 1. The number of halogens is 1. The third-order valence-corrected chi connectivity index (χ3v) is 3.24. The number of nitrogens with zero attached hydrogens (tertiary/aromatic N) is 3. The topological polar surface area (TPSA) is 78.1 Å². The molecule has 3 aromatic rings. The first-order valence-corrected chi connectivity index (χ1v) is 7.26. The Hall–Kier alpha value is -3.09. The number of hydrogen-bond acceptors (Lipinski definition) is 6. The maximum Gasteiger partial charge on any atom is 0.310 e. The number of carbonyl (C=O) groups excluding carboxylic acids is 1. The molecule has 6 nitrogen and oxygen atoms in total. The molecule has 0 amide bonds. The van der Waals surface area contributed by atoms with E-state index in [1.54, 1.807) is 6.20 Å². The van der Waals surface area contributed by atoms with Crippen LogP contribution < -0.4 is 0 Å². The summed E-state index contributed by atoms with van der Waals surface area (Å²) in [5.41, 5.74) is 2.24. The lowest BCUT2D eigenvalue weighted by atomic mass is 10.2. The minimum absolute atomic E-state index is 0.0944. The van der Waals surface area contributed by atoms with Crippen molar-refractivity contribution in [1.82, 2.24) is 15.1 Å². The van der Waals surface area contributed by atoms with Gasteiger partial charge in [-0.2, -0.15) is 4.98 Å². The molecule has 0 saturated carbocycles. The number of esters is 1. The summed E-state index contributed by atoms with van der Waals surface area (Å²) in [6.07, 6.45) is 1.76. The van der Waals surface area contributed by atoms with E-state index >= 15 is 0 Å². The third-order valence-electron chi connectivity index (χ3n) is 3.24. The van der Waals surface area contributed by atoms with Crippen LogP contribution in [-0.2, 0) is 22.6 Å². The van der Waals surface area contributed by atoms with E-state index in [1.807, 2.05) is 19.1 Å². The molecule has 0 fully saturated rings. The Labute approximate surface area is 137 Å². The summed E-state index contributed by atoms with van der Waals surface area (Å²) in [4.78, 5) is 20.0. The quantitative estimate of drug-likeness (QED) is 0.671. The van der Waals surface area contributed by atoms with Gasteiger partial charge in [0, 0.05) is 17.5 Å². The number of aryl methyl sites for hydroxylation is 1. The summed E-state index contributed by atoms with van der Waals surface area (Å²) < 4.78 is 23.1. The Bertz CT molecular complexity index is 829. The minimum atomic E-state index is -0.409. The second-order valence-electron chi connectivity index (χ2n) is 5.17. The fourth-order valence-corrected chi connectivity index (χ4v) is 1.99. The third kappa shape index (κ3) is 4.01. The van der Waals surface area contributed by atoms with Gasteiger partial charge in [0.25, 0.3) is 5.89 Å². The van der Waals surface area contributed by atoms with E-state index in [-0.39, 0.29) is 30.6 Å². The van der Waals surface area contributed by atoms with Crippen LogP contribution in [0.4, 0.5) is 4.39 Å². The molecule has 0 spiro atoms. The first-order chi connectivity index (χ1) is 11.6. The molecule has 0 radical (unpaired) electrons. The number of rotatable bonds is 5. The van der Waals surface area contributed by atoms with Gasteiger partial charge in [-0.3, -0.25) is 9.78 Å². The van der Waals surface area contributed by atoms with Gasteiger partial charge in [-0.1, -0.05) is 11.2 Å². The highest BCUT2D eigenvalue weighted by Gasteiger charge is 2.12. The van der Waals surface area contributed by atoms with Gasteiger partial charge in [-0.15, -0.1) is 0 Å². The van der Waals surface area contributed by atoms with Crippen LogP contribution in [0.25, 0.3) is 11.5 Å². The maximum atomic E-state index is 12.9. The van der Waals surface area contributed by atoms with Crippen molar-refractivity contribution in [3.63, 3.8) is 0 Å². The summed E-state index contributed by atoms with van der Waals surface area (Å²) in [7, 11) is 0. The standard InChI is InChI=1S/C17H14FN3O3/c1-11-2-3-12(9-19-11)8-16(22)23-10-15-20-17(24-21-15)13-4-6-14(18)7-5-13/h2-7,9H,8,10H2,1H3. The largest absolute Gasteiger partial charge is 0.457 e. The normalized spacial score (nSPS) is 10.6. The average Bonchev–Trinajstić information content (AvgIpc) is 3.05. The first kappa shape index (κ1) is 15.8. The molecular weight excluding hydrogens is 313 g/mol. The molecule has 0 unspecified atom stereocenters. The van der Waals surface area contributed by atoms with Crippen molar-refractivity contribution in [2.45, 2.75) is 20.0 Å². The predicted octanol–water partition coefficient (Wildman–Crippen LogP) is 2.87. The van der Waals surface area contributed by atoms with Crippen molar-refractivity contribution in [2.24, 2.45) is 0 Å². The average molecular weight is 327 g/mol. The lowest BCUT2D eigenvalue weighted by Gasteiger charge is -2.02. The molecule has 2 aromatic heterocycles. The van der Waals surface area contributed by atoms with E-state index in [0.29, 0.717) is 5.56 Å². The Kier molecular flexibility index (Phi) is 4.60. The van der Waals surface area contributed by atoms with Crippen LogP contribution in [0.5, 0.6) is 0 Å². The van der Waals surface area contributed by atoms with Gasteiger partial charge >= 0.3 is 5.97 Å². The molecule has 2 heterocycles. The Morgan fingerprint density at radius 2 is 2.00 bits per heavy atom. The van der Waals surface area contributed by atoms with Gasteiger partial charge in [-0.25, -0.2) is 4.39 Å². The molecule has 0 bridgehead atoms. The SMILES string of the molecule is Cc1ccc(CC(=O)OCc2noc(-c3ccc(F)cc3)n2)cn1. The van der Waals surface area contributed by atoms with E-state index in [9.17, 15) is 9.18 Å². The van der Waals surface area contributed by atoms with E-state index in [1.165, 1.54) is 24.3 Å². The van der Waals surface area contributed by atoms with E-state index in [4.69, 9.17) is 9.26 Å². The second-order valence-corrected chi connectivity index (χ2v) is 5.17. The lowest BCUT2D eigenvalue weighted by molar-refractivity contribution is -0.144. The van der Waals surface area contributed by atoms with Crippen molar-refractivity contribution in [3.8, 4) is 11.5 Å². The summed E-state index contributed by atoms with van der Waals surface area (Å²) in [5.74, 6) is -0.278. The van der Waals surface area contributed by atoms with Gasteiger partial charge in [0.15, 0.2) is 6.61 Å². The van der Waals surface area contributed by atoms with Crippen molar-refractivity contribution in [3.05, 3.63) is 65.5 Å². The fraction of sp³-hybridized carbons (Fsp3) is 0.176. The van der Waals surface area contributed by atoms with Crippen LogP contribution in [0.1, 0.15) is 17.1 Å². The molecule has 0 N–H and O–H groups in total. The Morgan fingerprint density at radius 3 is 2.71 bits per heavy atom. The van der Waals surface area contributed by atoms with Crippen molar-refractivity contribution >= 4 is 5.97 Å². The fourth-order valence-electron chi connectivity index (χ4n) is 1.99. The molecule has 0 aliphatic rings. The number of aromatic nitrogens is 3. The molecule has 24 heavy (non-hydrogen) atoms. The summed E-state index contributed by atoms with van der Waals surface area (Å²) in [6, 6.07) is 9.32. The zero-order valence-corrected chi connectivity index (χ0v) is 12.9. The molecule has 3 rings (SSSR count). The van der Waals surface area contributed by atoms with Gasteiger partial charge < -0.3 is 9.26 Å². The highest BCUT2D eigenvalue weighted by atomic mass is 19.1. The van der Waals surface area contributed by atoms with Crippen LogP contribution >= 0.6 is 0 Å². The Morgan fingerprint density at radius 1 is 1.21 bits per heavy atom. The summed E-state index contributed by atoms with van der Waals surface area (Å²) in [5, 5.41) is 3.74. The molecule has 0 aliphatic carbocycles. The molecule has 7 heteroatoms. The molecule has 122 valence electrons. The maximum absolute atomic E-state index is 12.9. The monoisotopic (exact) mass is 327 g/mol. The first-order valence-electron chi connectivity index (χ1n) is 7.26. The molecule has 0 saturated heterocycles. The van der Waals surface area contributed by atoms with E-state index in [2.05, 4.69) is 15.1 Å². The van der Waals surface area contributed by atoms with Gasteiger partial charge in [0.05, 0.1) is 6.42 Å². The van der Waals surface area contributed by atoms with Crippen molar-refractivity contribution < 1.29 is 18.4 Å². The van der Waals surface area contributed by atoms with E-state index < -0.39 is 5.97 Å². The van der Waals surface area contributed by atoms with Gasteiger partial charge in [0.1, 0.15) is 5.82 Å². The predicted molar refractivity (Wildman–Crippen MR) is 82.2 cm³/mol. The lowest BCUT2D eigenvalue weighted by Crippen LogP contribution is -2.09. The van der Waals surface area contributed by atoms with Gasteiger partial charge in [0.2, 0.25) is 5.82 Å². The zero-order valence-electron chi connectivity index (χ0n) is 12.9. The van der Waals surface area contributed by atoms with Gasteiger partial charge in [-0.05, 0) is 42.8 Å². The number of carbonyl (C=O) groups is 1. The minimum Gasteiger partial charge on any atom is -0.457 e. The number of hydrogen-bond donors (Lipinski definition) is 0. The number of benzene rings is 1.